The summed E-state index contributed by atoms with van der Waals surface area (Å²) in [6, 6.07) is 5.21. The smallest absolute Gasteiger partial charge is 0.335 e. The number of carbonyl (C=O) groups excluding carboxylic acids is 1. The van der Waals surface area contributed by atoms with Crippen molar-refractivity contribution in [3.05, 3.63) is 42.0 Å². The minimum atomic E-state index is -3.68. The van der Waals surface area contributed by atoms with Gasteiger partial charge in [-0.05, 0) is 49.9 Å². The van der Waals surface area contributed by atoms with E-state index in [1.54, 1.807) is 0 Å². The van der Waals surface area contributed by atoms with E-state index in [-0.39, 0.29) is 22.3 Å². The van der Waals surface area contributed by atoms with Crippen LogP contribution in [0.5, 0.6) is 0 Å². The minimum Gasteiger partial charge on any atom is -0.478 e. The average molecular weight is 392 g/mol. The number of nitrogens with zero attached hydrogens (tertiary/aromatic N) is 2. The van der Waals surface area contributed by atoms with E-state index in [2.05, 4.69) is 6.58 Å². The number of carboxylic acids is 1. The van der Waals surface area contributed by atoms with Gasteiger partial charge < -0.3 is 10.0 Å². The van der Waals surface area contributed by atoms with Gasteiger partial charge >= 0.3 is 5.97 Å². The van der Waals surface area contributed by atoms with Crippen molar-refractivity contribution >= 4 is 21.9 Å². The molecule has 2 aliphatic rings. The first-order valence-corrected chi connectivity index (χ1v) is 10.5. The first kappa shape index (κ1) is 19.6. The first-order valence-electron chi connectivity index (χ1n) is 9.08. The van der Waals surface area contributed by atoms with Crippen molar-refractivity contribution in [2.45, 2.75) is 30.6 Å². The molecule has 27 heavy (non-hydrogen) atoms. The van der Waals surface area contributed by atoms with Crippen molar-refractivity contribution in [2.75, 3.05) is 26.2 Å². The Bertz CT molecular complexity index is 829. The minimum absolute atomic E-state index is 0.0440. The molecule has 2 heterocycles. The normalized spacial score (nSPS) is 19.9. The summed E-state index contributed by atoms with van der Waals surface area (Å²) < 4.78 is 26.9. The van der Waals surface area contributed by atoms with Gasteiger partial charge in [-0.25, -0.2) is 13.2 Å². The van der Waals surface area contributed by atoms with Gasteiger partial charge in [0, 0.05) is 32.1 Å². The Balaban J connectivity index is 1.61. The highest BCUT2D eigenvalue weighted by Gasteiger charge is 2.34. The summed E-state index contributed by atoms with van der Waals surface area (Å²) in [6.45, 7) is 5.94. The highest BCUT2D eigenvalue weighted by Crippen LogP contribution is 2.26. The highest BCUT2D eigenvalue weighted by molar-refractivity contribution is 7.89. The zero-order valence-corrected chi connectivity index (χ0v) is 16.0. The zero-order chi connectivity index (χ0) is 19.6. The van der Waals surface area contributed by atoms with E-state index >= 15 is 0 Å². The standard InChI is InChI=1S/C19H24N2O5S/c1-14-6-10-20(11-7-14)18(22)15-8-12-21(13-9-15)27(25,26)17-4-2-16(3-5-17)19(23)24/h2-5,15H,1,6-13H2,(H,23,24). The number of carboxylic acid groups (broad SMARTS) is 1. The van der Waals surface area contributed by atoms with Crippen LogP contribution in [0.2, 0.25) is 0 Å². The topological polar surface area (TPSA) is 95.0 Å². The molecule has 0 bridgehead atoms. The van der Waals surface area contributed by atoms with Crippen molar-refractivity contribution in [1.29, 1.82) is 0 Å². The number of carbonyl (C=O) groups is 2. The number of hydrogen-bond acceptors (Lipinski definition) is 4. The van der Waals surface area contributed by atoms with Crippen molar-refractivity contribution in [2.24, 2.45) is 5.92 Å². The molecule has 1 N–H and O–H groups in total. The number of benzene rings is 1. The van der Waals surface area contributed by atoms with Gasteiger partial charge in [0.2, 0.25) is 15.9 Å². The van der Waals surface area contributed by atoms with Crippen molar-refractivity contribution in [3.8, 4) is 0 Å². The molecule has 1 amide bonds. The first-order chi connectivity index (χ1) is 12.8. The number of likely N-dealkylation sites (tertiary alicyclic amines) is 1. The lowest BCUT2D eigenvalue weighted by Gasteiger charge is -2.35. The predicted molar refractivity (Wildman–Crippen MR) is 99.8 cm³/mol. The second kappa shape index (κ2) is 7.82. The van der Waals surface area contributed by atoms with E-state index in [1.807, 2.05) is 4.90 Å². The van der Waals surface area contributed by atoms with Crippen LogP contribution < -0.4 is 0 Å². The van der Waals surface area contributed by atoms with E-state index in [1.165, 1.54) is 34.1 Å². The lowest BCUT2D eigenvalue weighted by molar-refractivity contribution is -0.137. The van der Waals surface area contributed by atoms with Crippen LogP contribution in [0.4, 0.5) is 0 Å². The van der Waals surface area contributed by atoms with Gasteiger partial charge in [0.15, 0.2) is 0 Å². The second-order valence-corrected chi connectivity index (χ2v) is 9.02. The number of hydrogen-bond donors (Lipinski definition) is 1. The zero-order valence-electron chi connectivity index (χ0n) is 15.1. The van der Waals surface area contributed by atoms with Crippen LogP contribution in [0.3, 0.4) is 0 Å². The maximum Gasteiger partial charge on any atom is 0.335 e. The number of rotatable bonds is 4. The summed E-state index contributed by atoms with van der Waals surface area (Å²) in [5.74, 6) is -1.12. The quantitative estimate of drug-likeness (QED) is 0.791. The summed E-state index contributed by atoms with van der Waals surface area (Å²) in [6.07, 6.45) is 2.68. The fourth-order valence-electron chi connectivity index (χ4n) is 3.56. The number of piperidine rings is 2. The van der Waals surface area contributed by atoms with Crippen LogP contribution in [0.1, 0.15) is 36.0 Å². The Morgan fingerprint density at radius 1 is 1.00 bits per heavy atom. The Morgan fingerprint density at radius 3 is 2.07 bits per heavy atom. The second-order valence-electron chi connectivity index (χ2n) is 7.08. The van der Waals surface area contributed by atoms with E-state index in [0.717, 1.165) is 12.8 Å². The third-order valence-electron chi connectivity index (χ3n) is 5.32. The SMILES string of the molecule is C=C1CCN(C(=O)C2CCN(S(=O)(=O)c3ccc(C(=O)O)cc3)CC2)CC1. The van der Waals surface area contributed by atoms with Gasteiger partial charge in [-0.3, -0.25) is 4.79 Å². The van der Waals surface area contributed by atoms with E-state index < -0.39 is 16.0 Å². The largest absolute Gasteiger partial charge is 0.478 e. The molecular weight excluding hydrogens is 368 g/mol. The van der Waals surface area contributed by atoms with Gasteiger partial charge in [0.25, 0.3) is 0 Å². The molecule has 2 saturated heterocycles. The average Bonchev–Trinajstić information content (AvgIpc) is 2.68. The molecule has 2 fully saturated rings. The Hall–Kier alpha value is -2.19. The predicted octanol–water partition coefficient (Wildman–Crippen LogP) is 1.96. The molecule has 2 aliphatic heterocycles. The maximum absolute atomic E-state index is 12.8. The number of aromatic carboxylic acids is 1. The van der Waals surface area contributed by atoms with Gasteiger partial charge in [-0.15, -0.1) is 0 Å². The molecule has 3 rings (SSSR count). The summed E-state index contributed by atoms with van der Waals surface area (Å²) in [5, 5.41) is 8.93. The van der Waals surface area contributed by atoms with Crippen molar-refractivity contribution in [3.63, 3.8) is 0 Å². The molecule has 0 spiro atoms. The van der Waals surface area contributed by atoms with Crippen LogP contribution in [-0.4, -0.2) is 60.8 Å². The van der Waals surface area contributed by atoms with Gasteiger partial charge in [0.1, 0.15) is 0 Å². The third kappa shape index (κ3) is 4.22. The molecule has 0 aliphatic carbocycles. The fraction of sp³-hybridized carbons (Fsp3) is 0.474. The molecule has 1 aromatic rings. The lowest BCUT2D eigenvalue weighted by atomic mass is 9.95. The van der Waals surface area contributed by atoms with Crippen LogP contribution in [0.25, 0.3) is 0 Å². The Morgan fingerprint density at radius 2 is 1.56 bits per heavy atom. The highest BCUT2D eigenvalue weighted by atomic mass is 32.2. The molecular formula is C19H24N2O5S. The summed E-state index contributed by atoms with van der Waals surface area (Å²) in [4.78, 5) is 25.5. The van der Waals surface area contributed by atoms with E-state index in [4.69, 9.17) is 5.11 Å². The molecule has 146 valence electrons. The Kier molecular flexibility index (Phi) is 5.67. The summed E-state index contributed by atoms with van der Waals surface area (Å²) in [7, 11) is -3.68. The molecule has 8 heteroatoms. The summed E-state index contributed by atoms with van der Waals surface area (Å²) in [5.41, 5.74) is 1.22. The molecule has 0 atom stereocenters. The van der Waals surface area contributed by atoms with E-state index in [0.29, 0.717) is 39.0 Å². The van der Waals surface area contributed by atoms with Crippen LogP contribution in [0, 0.1) is 5.92 Å². The number of sulfonamides is 1. The van der Waals surface area contributed by atoms with Crippen LogP contribution >= 0.6 is 0 Å². The van der Waals surface area contributed by atoms with Crippen molar-refractivity contribution in [1.82, 2.24) is 9.21 Å². The van der Waals surface area contributed by atoms with Crippen molar-refractivity contribution < 1.29 is 23.1 Å². The molecule has 1 aromatic carbocycles. The fourth-order valence-corrected chi connectivity index (χ4v) is 5.03. The molecule has 0 aromatic heterocycles. The molecule has 0 saturated carbocycles. The molecule has 0 unspecified atom stereocenters. The molecule has 7 nitrogen and oxygen atoms in total. The molecule has 0 radical (unpaired) electrons. The summed E-state index contributed by atoms with van der Waals surface area (Å²) >= 11 is 0. The number of amides is 1. The monoisotopic (exact) mass is 392 g/mol. The van der Waals surface area contributed by atoms with Gasteiger partial charge in [-0.2, -0.15) is 4.31 Å². The lowest BCUT2D eigenvalue weighted by Crippen LogP contribution is -2.45. The van der Waals surface area contributed by atoms with Crippen LogP contribution in [0.15, 0.2) is 41.3 Å². The van der Waals surface area contributed by atoms with Gasteiger partial charge in [0.05, 0.1) is 10.5 Å². The maximum atomic E-state index is 12.8. The van der Waals surface area contributed by atoms with Crippen LogP contribution in [-0.2, 0) is 14.8 Å². The third-order valence-corrected chi connectivity index (χ3v) is 7.24. The van der Waals surface area contributed by atoms with Gasteiger partial charge in [-0.1, -0.05) is 12.2 Å². The Labute approximate surface area is 159 Å². The van der Waals surface area contributed by atoms with E-state index in [9.17, 15) is 18.0 Å².